The fourth-order valence-electron chi connectivity index (χ4n) is 5.94. The third kappa shape index (κ3) is 2.00. The summed E-state index contributed by atoms with van der Waals surface area (Å²) in [5, 5.41) is 21.0. The van der Waals surface area contributed by atoms with Crippen LogP contribution in [0.2, 0.25) is 0 Å². The van der Waals surface area contributed by atoms with Crippen LogP contribution in [0.5, 0.6) is 0 Å². The van der Waals surface area contributed by atoms with Gasteiger partial charge in [0.25, 0.3) is 0 Å². The first-order chi connectivity index (χ1) is 9.97. The van der Waals surface area contributed by atoms with Gasteiger partial charge in [-0.2, -0.15) is 0 Å². The molecule has 2 atom stereocenters. The van der Waals surface area contributed by atoms with Gasteiger partial charge in [0.1, 0.15) is 0 Å². The Labute approximate surface area is 124 Å². The molecule has 0 aromatic carbocycles. The number of amides is 1. The van der Waals surface area contributed by atoms with Crippen LogP contribution in [0, 0.1) is 23.2 Å². The van der Waals surface area contributed by atoms with Crippen LogP contribution in [0.3, 0.4) is 0 Å². The van der Waals surface area contributed by atoms with Crippen LogP contribution in [-0.2, 0) is 9.59 Å². The van der Waals surface area contributed by atoms with Crippen molar-refractivity contribution in [2.45, 2.75) is 57.1 Å². The van der Waals surface area contributed by atoms with Gasteiger partial charge in [0.05, 0.1) is 23.5 Å². The molecule has 0 unspecified atom stereocenters. The number of carboxylic acid groups (broad SMARTS) is 1. The average molecular weight is 292 g/mol. The Bertz CT molecular complexity index is 453. The molecule has 0 radical (unpaired) electrons. The molecule has 1 aliphatic heterocycles. The molecule has 0 aromatic rings. The molecule has 5 aliphatic rings. The molecule has 1 heterocycles. The minimum absolute atomic E-state index is 0.0210. The molecule has 4 saturated carbocycles. The number of nitrogens with zero attached hydrogens (tertiary/aromatic N) is 1. The largest absolute Gasteiger partial charge is 0.548 e. The zero-order valence-corrected chi connectivity index (χ0v) is 12.2. The average Bonchev–Trinajstić information content (AvgIpc) is 2.78. The van der Waals surface area contributed by atoms with Gasteiger partial charge in [-0.25, -0.2) is 0 Å². The highest BCUT2D eigenvalue weighted by Crippen LogP contribution is 2.60. The number of hydrogen-bond donors (Lipinski definition) is 1. The zero-order valence-electron chi connectivity index (χ0n) is 12.2. The molecule has 5 nitrogen and oxygen atoms in total. The first-order valence-electron chi connectivity index (χ1n) is 8.17. The lowest BCUT2D eigenvalue weighted by molar-refractivity contribution is -0.310. The van der Waals surface area contributed by atoms with E-state index < -0.39 is 18.1 Å². The molecule has 0 aromatic heterocycles. The topological polar surface area (TPSA) is 80.7 Å². The van der Waals surface area contributed by atoms with Crippen molar-refractivity contribution < 1.29 is 19.8 Å². The third-order valence-electron chi connectivity index (χ3n) is 6.30. The van der Waals surface area contributed by atoms with Crippen molar-refractivity contribution in [2.75, 3.05) is 6.54 Å². The van der Waals surface area contributed by atoms with Crippen molar-refractivity contribution >= 4 is 11.9 Å². The Hall–Kier alpha value is -1.10. The van der Waals surface area contributed by atoms with Crippen molar-refractivity contribution in [1.82, 2.24) is 4.90 Å². The van der Waals surface area contributed by atoms with Crippen LogP contribution in [0.15, 0.2) is 0 Å². The predicted octanol–water partition coefficient (Wildman–Crippen LogP) is -0.0855. The number of carbonyl (C=O) groups is 2. The number of β-amino-alcohol motifs (C(OH)–C–C–N with tert-alkyl or cyclic N) is 1. The molecule has 116 valence electrons. The van der Waals surface area contributed by atoms with Crippen LogP contribution in [0.25, 0.3) is 0 Å². The number of aliphatic hydroxyl groups is 1. The molecular weight excluding hydrogens is 270 g/mol. The predicted molar refractivity (Wildman–Crippen MR) is 71.7 cm³/mol. The number of likely N-dealkylation sites (tertiary alicyclic amines) is 1. The maximum atomic E-state index is 13.1. The Morgan fingerprint density at radius 2 is 1.52 bits per heavy atom. The van der Waals surface area contributed by atoms with Crippen LogP contribution in [0.4, 0.5) is 0 Å². The minimum Gasteiger partial charge on any atom is -0.548 e. The molecule has 5 fully saturated rings. The van der Waals surface area contributed by atoms with E-state index in [-0.39, 0.29) is 24.3 Å². The normalized spacial score (nSPS) is 47.9. The number of hydrogen-bond acceptors (Lipinski definition) is 4. The lowest BCUT2D eigenvalue weighted by Gasteiger charge is -2.56. The van der Waals surface area contributed by atoms with E-state index in [9.17, 15) is 19.8 Å². The lowest BCUT2D eigenvalue weighted by Crippen LogP contribution is -2.57. The van der Waals surface area contributed by atoms with E-state index in [0.717, 1.165) is 19.3 Å². The molecule has 1 amide bonds. The Morgan fingerprint density at radius 3 is 2.00 bits per heavy atom. The summed E-state index contributed by atoms with van der Waals surface area (Å²) in [7, 11) is 0. The van der Waals surface area contributed by atoms with Gasteiger partial charge in [-0.1, -0.05) is 0 Å². The van der Waals surface area contributed by atoms with Crippen LogP contribution in [-0.4, -0.2) is 40.6 Å². The molecule has 0 spiro atoms. The molecule has 5 heteroatoms. The van der Waals surface area contributed by atoms with E-state index in [0.29, 0.717) is 17.8 Å². The summed E-state index contributed by atoms with van der Waals surface area (Å²) in [5.74, 6) is 0.689. The van der Waals surface area contributed by atoms with Crippen LogP contribution >= 0.6 is 0 Å². The van der Waals surface area contributed by atoms with Gasteiger partial charge >= 0.3 is 0 Å². The van der Waals surface area contributed by atoms with E-state index in [1.54, 1.807) is 0 Å². The van der Waals surface area contributed by atoms with Gasteiger partial charge in [-0.3, -0.25) is 4.79 Å². The monoisotopic (exact) mass is 292 g/mol. The number of aliphatic carboxylic acids is 1. The Balaban J connectivity index is 1.61. The summed E-state index contributed by atoms with van der Waals surface area (Å²) in [4.78, 5) is 25.8. The van der Waals surface area contributed by atoms with Gasteiger partial charge in [-0.05, 0) is 56.3 Å². The maximum absolute atomic E-state index is 13.1. The number of rotatable bonds is 2. The van der Waals surface area contributed by atoms with Crippen molar-refractivity contribution in [3.05, 3.63) is 0 Å². The van der Waals surface area contributed by atoms with Gasteiger partial charge in [0, 0.05) is 13.0 Å². The zero-order chi connectivity index (χ0) is 14.8. The number of carbonyl (C=O) groups excluding carboxylic acids is 2. The standard InChI is InChI=1S/C16H23NO4/c18-12-4-13(14(19)20)17(8-12)15(21)16-5-9-1-10(6-16)3-11(2-9)7-16/h9-13,18H,1-8H2,(H,19,20)/p-1/t9?,10?,11?,12-,13-,16?/m0/s1. The summed E-state index contributed by atoms with van der Waals surface area (Å²) in [6.45, 7) is 0.152. The Morgan fingerprint density at radius 1 is 1.00 bits per heavy atom. The first kappa shape index (κ1) is 13.6. The van der Waals surface area contributed by atoms with Crippen molar-refractivity contribution in [3.8, 4) is 0 Å². The summed E-state index contributed by atoms with van der Waals surface area (Å²) in [6.07, 6.45) is 5.89. The summed E-state index contributed by atoms with van der Waals surface area (Å²) in [6, 6.07) is -0.944. The molecule has 1 saturated heterocycles. The fourth-order valence-corrected chi connectivity index (χ4v) is 5.94. The van der Waals surface area contributed by atoms with Gasteiger partial charge in [0.2, 0.25) is 5.91 Å². The second-order valence-electron chi connectivity index (χ2n) is 7.88. The maximum Gasteiger partial charge on any atom is 0.229 e. The highest BCUT2D eigenvalue weighted by Gasteiger charge is 2.56. The van der Waals surface area contributed by atoms with Crippen molar-refractivity contribution in [3.63, 3.8) is 0 Å². The minimum atomic E-state index is -1.23. The molecular formula is C16H22NO4-. The lowest BCUT2D eigenvalue weighted by atomic mass is 9.49. The first-order valence-corrected chi connectivity index (χ1v) is 8.17. The van der Waals surface area contributed by atoms with Crippen LogP contribution in [0.1, 0.15) is 44.9 Å². The van der Waals surface area contributed by atoms with Gasteiger partial charge < -0.3 is 19.9 Å². The molecule has 21 heavy (non-hydrogen) atoms. The Kier molecular flexibility index (Phi) is 2.87. The van der Waals surface area contributed by atoms with Gasteiger partial charge in [-0.15, -0.1) is 0 Å². The van der Waals surface area contributed by atoms with E-state index in [2.05, 4.69) is 0 Å². The van der Waals surface area contributed by atoms with Crippen molar-refractivity contribution in [2.24, 2.45) is 23.2 Å². The van der Waals surface area contributed by atoms with E-state index in [4.69, 9.17) is 0 Å². The SMILES string of the molecule is O=C([O-])[C@@H]1C[C@H](O)CN1C(=O)C12CC3CC(CC(C3)C1)C2. The van der Waals surface area contributed by atoms with Crippen LogP contribution < -0.4 is 5.11 Å². The molecule has 4 bridgehead atoms. The second-order valence-corrected chi connectivity index (χ2v) is 7.88. The highest BCUT2D eigenvalue weighted by atomic mass is 16.4. The van der Waals surface area contributed by atoms with E-state index >= 15 is 0 Å². The smallest absolute Gasteiger partial charge is 0.229 e. The fraction of sp³-hybridized carbons (Fsp3) is 0.875. The van der Waals surface area contributed by atoms with Gasteiger partial charge in [0.15, 0.2) is 0 Å². The summed E-state index contributed by atoms with van der Waals surface area (Å²) in [5.41, 5.74) is -0.341. The summed E-state index contributed by atoms with van der Waals surface area (Å²) >= 11 is 0. The molecule has 5 rings (SSSR count). The second kappa shape index (κ2) is 4.45. The van der Waals surface area contributed by atoms with Crippen molar-refractivity contribution in [1.29, 1.82) is 0 Å². The molecule has 4 aliphatic carbocycles. The number of carboxylic acids is 1. The number of aliphatic hydroxyl groups excluding tert-OH is 1. The van der Waals surface area contributed by atoms with E-state index in [1.807, 2.05) is 0 Å². The highest BCUT2D eigenvalue weighted by molar-refractivity contribution is 5.88. The quantitative estimate of drug-likeness (QED) is 0.771. The van der Waals surface area contributed by atoms with E-state index in [1.165, 1.54) is 24.2 Å². The molecule has 1 N–H and O–H groups in total. The third-order valence-corrected chi connectivity index (χ3v) is 6.30. The summed E-state index contributed by atoms with van der Waals surface area (Å²) < 4.78 is 0.